The van der Waals surface area contributed by atoms with Gasteiger partial charge in [-0.3, -0.25) is 0 Å². The van der Waals surface area contributed by atoms with Crippen LogP contribution in [0, 0.1) is 0 Å². The standard InChI is InChI=1S/C12H18F3NS/c1-3-9-6-8-17-11(9)10(16-2)5-4-7-12(13,14)15/h6,8,10,16H,3-5,7H2,1-2H3. The molecule has 1 N–H and O–H groups in total. The minimum atomic E-state index is -4.04. The Morgan fingerprint density at radius 1 is 1.41 bits per heavy atom. The van der Waals surface area contributed by atoms with Gasteiger partial charge in [0, 0.05) is 17.3 Å². The third-order valence-electron chi connectivity index (χ3n) is 2.78. The molecule has 0 radical (unpaired) electrons. The zero-order valence-corrected chi connectivity index (χ0v) is 10.9. The number of hydrogen-bond donors (Lipinski definition) is 1. The Bertz CT molecular complexity index is 333. The van der Waals surface area contributed by atoms with Crippen LogP contribution in [0.3, 0.4) is 0 Å². The van der Waals surface area contributed by atoms with Gasteiger partial charge in [-0.25, -0.2) is 0 Å². The van der Waals surface area contributed by atoms with Crippen LogP contribution in [0.1, 0.15) is 42.7 Å². The summed E-state index contributed by atoms with van der Waals surface area (Å²) in [6.45, 7) is 2.06. The van der Waals surface area contributed by atoms with Gasteiger partial charge in [-0.2, -0.15) is 13.2 Å². The zero-order valence-electron chi connectivity index (χ0n) is 10.1. The molecule has 0 amide bonds. The highest BCUT2D eigenvalue weighted by molar-refractivity contribution is 7.10. The maximum Gasteiger partial charge on any atom is 0.389 e. The molecular formula is C12H18F3NS. The largest absolute Gasteiger partial charge is 0.389 e. The quantitative estimate of drug-likeness (QED) is 0.808. The van der Waals surface area contributed by atoms with Crippen molar-refractivity contribution in [3.05, 3.63) is 21.9 Å². The lowest BCUT2D eigenvalue weighted by Crippen LogP contribution is -2.17. The monoisotopic (exact) mass is 265 g/mol. The van der Waals surface area contributed by atoms with E-state index in [0.29, 0.717) is 6.42 Å². The minimum absolute atomic E-state index is 0.0484. The Morgan fingerprint density at radius 2 is 2.12 bits per heavy atom. The first-order chi connectivity index (χ1) is 7.98. The van der Waals surface area contributed by atoms with Crippen LogP contribution in [0.25, 0.3) is 0 Å². The highest BCUT2D eigenvalue weighted by Gasteiger charge is 2.27. The summed E-state index contributed by atoms with van der Waals surface area (Å²) in [5, 5.41) is 5.11. The van der Waals surface area contributed by atoms with Crippen LogP contribution in [0.2, 0.25) is 0 Å². The fourth-order valence-corrected chi connectivity index (χ4v) is 3.00. The van der Waals surface area contributed by atoms with Crippen molar-refractivity contribution in [3.63, 3.8) is 0 Å². The lowest BCUT2D eigenvalue weighted by Gasteiger charge is -2.17. The Labute approximate surface area is 104 Å². The number of alkyl halides is 3. The lowest BCUT2D eigenvalue weighted by atomic mass is 10.0. The molecule has 1 atom stereocenters. The van der Waals surface area contributed by atoms with E-state index in [1.807, 2.05) is 11.4 Å². The molecule has 0 bridgehead atoms. The summed E-state index contributed by atoms with van der Waals surface area (Å²) < 4.78 is 36.2. The molecule has 0 aliphatic carbocycles. The zero-order chi connectivity index (χ0) is 12.9. The van der Waals surface area contributed by atoms with Crippen LogP contribution >= 0.6 is 11.3 Å². The highest BCUT2D eigenvalue weighted by atomic mass is 32.1. The van der Waals surface area contributed by atoms with Gasteiger partial charge in [0.2, 0.25) is 0 Å². The van der Waals surface area contributed by atoms with Crippen molar-refractivity contribution in [1.82, 2.24) is 5.32 Å². The molecule has 1 unspecified atom stereocenters. The second-order valence-electron chi connectivity index (χ2n) is 4.01. The van der Waals surface area contributed by atoms with Crippen molar-refractivity contribution < 1.29 is 13.2 Å². The minimum Gasteiger partial charge on any atom is -0.312 e. The lowest BCUT2D eigenvalue weighted by molar-refractivity contribution is -0.135. The molecule has 98 valence electrons. The molecule has 1 nitrogen and oxygen atoms in total. The van der Waals surface area contributed by atoms with Crippen molar-refractivity contribution in [3.8, 4) is 0 Å². The molecule has 0 saturated heterocycles. The van der Waals surface area contributed by atoms with Gasteiger partial charge in [0.25, 0.3) is 0 Å². The molecule has 0 fully saturated rings. The van der Waals surface area contributed by atoms with Gasteiger partial charge in [0.05, 0.1) is 0 Å². The number of hydrogen-bond acceptors (Lipinski definition) is 2. The van der Waals surface area contributed by atoms with Crippen molar-refractivity contribution in [2.75, 3.05) is 7.05 Å². The Morgan fingerprint density at radius 3 is 2.65 bits per heavy atom. The third-order valence-corrected chi connectivity index (χ3v) is 3.85. The molecule has 17 heavy (non-hydrogen) atoms. The van der Waals surface area contributed by atoms with E-state index in [9.17, 15) is 13.2 Å². The molecular weight excluding hydrogens is 247 g/mol. The Hall–Kier alpha value is -0.550. The van der Waals surface area contributed by atoms with E-state index in [1.165, 1.54) is 10.4 Å². The molecule has 5 heteroatoms. The van der Waals surface area contributed by atoms with Crippen LogP contribution in [-0.4, -0.2) is 13.2 Å². The fraction of sp³-hybridized carbons (Fsp3) is 0.667. The SMILES string of the molecule is CCc1ccsc1C(CCCC(F)(F)F)NC. The van der Waals surface area contributed by atoms with Crippen molar-refractivity contribution in [1.29, 1.82) is 0 Å². The number of thiophene rings is 1. The highest BCUT2D eigenvalue weighted by Crippen LogP contribution is 2.30. The molecule has 0 aromatic carbocycles. The normalized spacial score (nSPS) is 13.9. The first-order valence-corrected chi connectivity index (χ1v) is 6.66. The third kappa shape index (κ3) is 4.68. The molecule has 0 saturated carbocycles. The van der Waals surface area contributed by atoms with Gasteiger partial charge >= 0.3 is 6.18 Å². The van der Waals surface area contributed by atoms with Crippen LogP contribution in [0.15, 0.2) is 11.4 Å². The maximum absolute atomic E-state index is 12.1. The van der Waals surface area contributed by atoms with E-state index in [0.717, 1.165) is 6.42 Å². The molecule has 0 aliphatic heterocycles. The number of rotatable bonds is 6. The van der Waals surface area contributed by atoms with Crippen molar-refractivity contribution >= 4 is 11.3 Å². The van der Waals surface area contributed by atoms with Gasteiger partial charge in [0.15, 0.2) is 0 Å². The van der Waals surface area contributed by atoms with E-state index in [-0.39, 0.29) is 12.5 Å². The summed E-state index contributed by atoms with van der Waals surface area (Å²) in [4.78, 5) is 1.18. The topological polar surface area (TPSA) is 12.0 Å². The Kier molecular flexibility index (Phi) is 5.46. The second-order valence-corrected chi connectivity index (χ2v) is 4.96. The summed E-state index contributed by atoms with van der Waals surface area (Å²) in [5.41, 5.74) is 1.24. The molecule has 1 aromatic heterocycles. The molecule has 1 aromatic rings. The average molecular weight is 265 g/mol. The number of nitrogens with one attached hydrogen (secondary N) is 1. The van der Waals surface area contributed by atoms with E-state index in [2.05, 4.69) is 12.2 Å². The first-order valence-electron chi connectivity index (χ1n) is 5.78. The summed E-state index contributed by atoms with van der Waals surface area (Å²) in [5.74, 6) is 0. The van der Waals surface area contributed by atoms with Gasteiger partial charge in [0.1, 0.15) is 0 Å². The first kappa shape index (κ1) is 14.5. The second kappa shape index (κ2) is 6.40. The molecule has 1 rings (SSSR count). The van der Waals surface area contributed by atoms with Gasteiger partial charge < -0.3 is 5.32 Å². The van der Waals surface area contributed by atoms with Gasteiger partial charge in [-0.15, -0.1) is 11.3 Å². The maximum atomic E-state index is 12.1. The fourth-order valence-electron chi connectivity index (χ4n) is 1.86. The molecule has 0 aliphatic rings. The Balaban J connectivity index is 2.54. The van der Waals surface area contributed by atoms with Crippen LogP contribution in [-0.2, 0) is 6.42 Å². The van der Waals surface area contributed by atoms with E-state index in [1.54, 1.807) is 18.4 Å². The van der Waals surface area contributed by atoms with Crippen molar-refractivity contribution in [2.24, 2.45) is 0 Å². The molecule has 1 heterocycles. The van der Waals surface area contributed by atoms with Crippen LogP contribution in [0.4, 0.5) is 13.2 Å². The van der Waals surface area contributed by atoms with E-state index in [4.69, 9.17) is 0 Å². The van der Waals surface area contributed by atoms with Crippen molar-refractivity contribution in [2.45, 2.75) is 44.8 Å². The summed E-state index contributed by atoms with van der Waals surface area (Å²) in [6.07, 6.45) is -3.10. The van der Waals surface area contributed by atoms with Gasteiger partial charge in [-0.1, -0.05) is 6.92 Å². The predicted octanol–water partition coefficient (Wildman–Crippen LogP) is 4.30. The van der Waals surface area contributed by atoms with Gasteiger partial charge in [-0.05, 0) is 43.3 Å². The smallest absolute Gasteiger partial charge is 0.312 e. The number of halogens is 3. The average Bonchev–Trinajstić information content (AvgIpc) is 2.70. The van der Waals surface area contributed by atoms with E-state index < -0.39 is 12.6 Å². The van der Waals surface area contributed by atoms with Crippen LogP contribution in [0.5, 0.6) is 0 Å². The summed E-state index contributed by atoms with van der Waals surface area (Å²) in [7, 11) is 1.80. The summed E-state index contributed by atoms with van der Waals surface area (Å²) >= 11 is 1.62. The summed E-state index contributed by atoms with van der Waals surface area (Å²) in [6, 6.07) is 2.10. The van der Waals surface area contributed by atoms with E-state index >= 15 is 0 Å². The number of aryl methyl sites for hydroxylation is 1. The van der Waals surface area contributed by atoms with Crippen LogP contribution < -0.4 is 5.32 Å². The molecule has 0 spiro atoms. The predicted molar refractivity (Wildman–Crippen MR) is 65.4 cm³/mol.